The summed E-state index contributed by atoms with van der Waals surface area (Å²) in [5, 5.41) is -2.10. The van der Waals surface area contributed by atoms with Crippen molar-refractivity contribution in [2.75, 3.05) is 0 Å². The van der Waals surface area contributed by atoms with Crippen LogP contribution < -0.4 is 0 Å². The molecule has 2 aromatic rings. The molecule has 2 aliphatic carbocycles. The van der Waals surface area contributed by atoms with Crippen LogP contribution in [0.1, 0.15) is 64.0 Å². The number of alkyl halides is 1. The zero-order valence-electron chi connectivity index (χ0n) is 20.9. The third-order valence-electron chi connectivity index (χ3n) is 7.57. The molecule has 1 saturated heterocycles. The average Bonchev–Trinajstić information content (AvgIpc) is 3.49. The third kappa shape index (κ3) is 4.50. The number of carbonyl (C=O) groups is 1. The van der Waals surface area contributed by atoms with E-state index in [1.54, 1.807) is 20.8 Å². The quantitative estimate of drug-likeness (QED) is 0.335. The summed E-state index contributed by atoms with van der Waals surface area (Å²) < 4.78 is 41.7. The van der Waals surface area contributed by atoms with Gasteiger partial charge < -0.3 is 4.74 Å². The van der Waals surface area contributed by atoms with Crippen molar-refractivity contribution in [1.82, 2.24) is 9.34 Å². The Morgan fingerprint density at radius 2 is 1.40 bits per heavy atom. The number of rotatable bonds is 6. The molecule has 3 fully saturated rings. The van der Waals surface area contributed by atoms with Crippen LogP contribution in [0.4, 0.5) is 4.39 Å². The molecule has 0 unspecified atom stereocenters. The van der Waals surface area contributed by atoms with Gasteiger partial charge >= 0.3 is 5.97 Å². The van der Waals surface area contributed by atoms with Crippen LogP contribution in [0, 0.1) is 5.92 Å². The van der Waals surface area contributed by atoms with Crippen LogP contribution in [0.15, 0.2) is 60.7 Å². The first-order valence-electron chi connectivity index (χ1n) is 12.8. The normalized spacial score (nSPS) is 30.6. The fraction of sp³-hybridized carbons (Fsp3) is 0.536. The molecule has 0 bridgehead atoms. The lowest BCUT2D eigenvalue weighted by Crippen LogP contribution is -2.39. The molecule has 0 amide bonds. The van der Waals surface area contributed by atoms with Gasteiger partial charge in [-0.2, -0.15) is 0 Å². The number of carbonyl (C=O) groups excluding carboxylic acids is 1. The van der Waals surface area contributed by atoms with E-state index in [9.17, 15) is 4.79 Å². The molecule has 0 radical (unpaired) electrons. The Bertz CT molecular complexity index is 1040. The van der Waals surface area contributed by atoms with Crippen LogP contribution in [0.3, 0.4) is 0 Å². The minimum Gasteiger partial charge on any atom is -0.460 e. The number of benzene rings is 2. The van der Waals surface area contributed by atoms with Gasteiger partial charge in [0, 0.05) is 31.6 Å². The number of nitrogens with zero attached hydrogens (tertiary/aromatic N) is 2. The number of esters is 1. The molecule has 5 rings (SSSR count). The van der Waals surface area contributed by atoms with Crippen molar-refractivity contribution < 1.29 is 18.5 Å². The van der Waals surface area contributed by atoms with Crippen molar-refractivity contribution in [2.45, 2.75) is 89.1 Å². The van der Waals surface area contributed by atoms with Gasteiger partial charge in [-0.3, -0.25) is 9.36 Å². The highest BCUT2D eigenvalue weighted by Gasteiger charge is 2.78. The first-order valence-corrected chi connectivity index (χ1v) is 14.4. The van der Waals surface area contributed by atoms with Crippen LogP contribution in [0.5, 0.6) is 0 Å². The van der Waals surface area contributed by atoms with Gasteiger partial charge in [0.05, 0.1) is 0 Å². The minimum absolute atomic E-state index is 0.00557. The maximum Gasteiger partial charge on any atom is 0.313 e. The maximum absolute atomic E-state index is 17.0. The molecule has 0 spiro atoms. The molecule has 2 saturated carbocycles. The van der Waals surface area contributed by atoms with Crippen molar-refractivity contribution in [3.63, 3.8) is 0 Å². The molecule has 4 atom stereocenters. The molecular weight excluding hydrogens is 462 g/mol. The Morgan fingerprint density at radius 3 is 1.83 bits per heavy atom. The Morgan fingerprint density at radius 1 is 0.943 bits per heavy atom. The Hall–Kier alpha value is -2.01. The molecule has 2 aromatic carbocycles. The van der Waals surface area contributed by atoms with Gasteiger partial charge in [-0.1, -0.05) is 73.5 Å². The number of ether oxygens (including phenoxy) is 1. The summed E-state index contributed by atoms with van der Waals surface area (Å²) in [4.78, 5) is 13.0. The van der Waals surface area contributed by atoms with Crippen LogP contribution in [-0.2, 0) is 27.2 Å². The second-order valence-corrected chi connectivity index (χ2v) is 14.1. The lowest BCUT2D eigenvalue weighted by atomic mass is 9.90. The zero-order valence-corrected chi connectivity index (χ0v) is 21.8. The van der Waals surface area contributed by atoms with Gasteiger partial charge in [-0.25, -0.2) is 13.7 Å². The highest BCUT2D eigenvalue weighted by molar-refractivity contribution is 7.61. The largest absolute Gasteiger partial charge is 0.460 e. The number of hydrogen-bond acceptors (Lipinski definition) is 3. The van der Waals surface area contributed by atoms with Gasteiger partial charge in [-0.15, -0.1) is 0 Å². The fourth-order valence-electron chi connectivity index (χ4n) is 5.92. The molecule has 5 nitrogen and oxygen atoms in total. The van der Waals surface area contributed by atoms with Crippen LogP contribution >= 0.6 is 7.44 Å². The third-order valence-corrected chi connectivity index (χ3v) is 11.3. The Kier molecular flexibility index (Phi) is 6.44. The van der Waals surface area contributed by atoms with Gasteiger partial charge in [-0.05, 0) is 44.7 Å². The van der Waals surface area contributed by atoms with Gasteiger partial charge in [0.2, 0.25) is 5.41 Å². The summed E-state index contributed by atoms with van der Waals surface area (Å²) >= 11 is 0. The number of halogens is 1. The highest BCUT2D eigenvalue weighted by atomic mass is 31.2. The SMILES string of the molecule is CC(C)(C)OC(=O)[C@H]1C[C@@]1(F)P1(=O)N(Cc2ccccc2)[C@@H]2CCCC[C@H]2N1Cc1ccccc1. The first-order chi connectivity index (χ1) is 16.6. The molecule has 3 aliphatic rings. The summed E-state index contributed by atoms with van der Waals surface area (Å²) in [5.41, 5.74) is 1.31. The lowest BCUT2D eigenvalue weighted by Gasteiger charge is -2.35. The van der Waals surface area contributed by atoms with Crippen molar-refractivity contribution in [1.29, 1.82) is 0 Å². The standard InChI is InChI=1S/C28H36FN2O3P/c1-27(2,3)34-26(32)23-18-28(23,29)35(33)30(19-21-12-6-4-7-13-21)24-16-10-11-17-25(24)31(35)20-22-14-8-5-9-15-22/h4-9,12-15,23-25H,10-11,16-20H2,1-3H3/t23-,24-,25-,28-/m1/s1. The Labute approximate surface area is 208 Å². The van der Waals surface area contributed by atoms with Crippen molar-refractivity contribution >= 4 is 13.4 Å². The second kappa shape index (κ2) is 9.14. The van der Waals surface area contributed by atoms with E-state index >= 15 is 8.96 Å². The van der Waals surface area contributed by atoms with E-state index < -0.39 is 30.3 Å². The fourth-order valence-corrected chi connectivity index (χ4v) is 10.1. The van der Waals surface area contributed by atoms with Crippen molar-refractivity contribution in [3.05, 3.63) is 71.8 Å². The van der Waals surface area contributed by atoms with Crippen molar-refractivity contribution in [2.24, 2.45) is 5.92 Å². The lowest BCUT2D eigenvalue weighted by molar-refractivity contribution is -0.157. The summed E-state index contributed by atoms with van der Waals surface area (Å²) in [6.07, 6.45) is 3.82. The van der Waals surface area contributed by atoms with Crippen LogP contribution in [0.25, 0.3) is 0 Å². The van der Waals surface area contributed by atoms with E-state index in [1.165, 1.54) is 0 Å². The molecule has 35 heavy (non-hydrogen) atoms. The predicted molar refractivity (Wildman–Crippen MR) is 135 cm³/mol. The smallest absolute Gasteiger partial charge is 0.313 e. The number of hydrogen-bond donors (Lipinski definition) is 0. The van der Waals surface area contributed by atoms with E-state index in [1.807, 2.05) is 70.0 Å². The topological polar surface area (TPSA) is 49.9 Å². The van der Waals surface area contributed by atoms with E-state index in [4.69, 9.17) is 4.74 Å². The monoisotopic (exact) mass is 498 g/mol. The summed E-state index contributed by atoms with van der Waals surface area (Å²) in [6, 6.07) is 19.8. The van der Waals surface area contributed by atoms with Crippen molar-refractivity contribution in [3.8, 4) is 0 Å². The zero-order chi connectivity index (χ0) is 24.8. The first kappa shape index (κ1) is 24.7. The molecular formula is C28H36FN2O3P. The molecule has 0 N–H and O–H groups in total. The summed E-state index contributed by atoms with van der Waals surface area (Å²) in [5.74, 6) is -1.58. The molecule has 1 aliphatic heterocycles. The number of fused-ring (bicyclic) bond motifs is 1. The summed E-state index contributed by atoms with van der Waals surface area (Å²) in [7, 11) is -3.78. The van der Waals surface area contributed by atoms with Gasteiger partial charge in [0.25, 0.3) is 7.44 Å². The molecule has 1 heterocycles. The molecule has 0 aromatic heterocycles. The average molecular weight is 499 g/mol. The summed E-state index contributed by atoms with van der Waals surface area (Å²) in [6.45, 7) is 6.17. The van der Waals surface area contributed by atoms with Gasteiger partial charge in [0.1, 0.15) is 11.5 Å². The second-order valence-electron chi connectivity index (χ2n) is 11.2. The van der Waals surface area contributed by atoms with E-state index in [2.05, 4.69) is 0 Å². The van der Waals surface area contributed by atoms with Crippen LogP contribution in [-0.4, -0.2) is 38.4 Å². The highest BCUT2D eigenvalue weighted by Crippen LogP contribution is 2.81. The molecule has 7 heteroatoms. The van der Waals surface area contributed by atoms with E-state index in [-0.39, 0.29) is 18.5 Å². The van der Waals surface area contributed by atoms with Crippen LogP contribution in [0.2, 0.25) is 0 Å². The predicted octanol–water partition coefficient (Wildman–Crippen LogP) is 6.54. The minimum atomic E-state index is -3.78. The van der Waals surface area contributed by atoms with E-state index in [0.29, 0.717) is 13.1 Å². The van der Waals surface area contributed by atoms with Gasteiger partial charge in [0.15, 0.2) is 0 Å². The Balaban J connectivity index is 1.56. The molecule has 188 valence electrons. The maximum atomic E-state index is 17.0. The van der Waals surface area contributed by atoms with E-state index in [0.717, 1.165) is 36.8 Å².